The molecule has 2 rings (SSSR count). The lowest BCUT2D eigenvalue weighted by Gasteiger charge is -2.17. The molecule has 0 aliphatic carbocycles. The topological polar surface area (TPSA) is 102 Å². The molecule has 1 heterocycles. The van der Waals surface area contributed by atoms with Crippen molar-refractivity contribution in [1.82, 2.24) is 9.88 Å². The molecule has 7 nitrogen and oxygen atoms in total. The standard InChI is InChI=1S/C14H14N4O3/c1-17(9-10-5-3-2-4-6-10)14(19)12-7-11(18(20)21)8-16-13(12)15/h2-8H,9H2,1H3,(H2,15,16). The quantitative estimate of drug-likeness (QED) is 0.682. The molecular weight excluding hydrogens is 272 g/mol. The maximum Gasteiger partial charge on any atom is 0.288 e. The van der Waals surface area contributed by atoms with Gasteiger partial charge in [-0.2, -0.15) is 0 Å². The number of nitrogens with zero attached hydrogens (tertiary/aromatic N) is 3. The van der Waals surface area contributed by atoms with Crippen LogP contribution in [-0.4, -0.2) is 27.8 Å². The summed E-state index contributed by atoms with van der Waals surface area (Å²) in [5, 5.41) is 10.7. The molecule has 21 heavy (non-hydrogen) atoms. The van der Waals surface area contributed by atoms with Gasteiger partial charge in [0.05, 0.1) is 10.5 Å². The summed E-state index contributed by atoms with van der Waals surface area (Å²) in [7, 11) is 1.60. The van der Waals surface area contributed by atoms with Crippen LogP contribution < -0.4 is 5.73 Å². The van der Waals surface area contributed by atoms with Crippen molar-refractivity contribution >= 4 is 17.4 Å². The molecule has 0 bridgehead atoms. The third kappa shape index (κ3) is 3.33. The molecule has 2 N–H and O–H groups in total. The van der Waals surface area contributed by atoms with E-state index in [1.165, 1.54) is 4.90 Å². The van der Waals surface area contributed by atoms with Gasteiger partial charge in [-0.3, -0.25) is 14.9 Å². The second kappa shape index (κ2) is 6.00. The first kappa shape index (κ1) is 14.4. The summed E-state index contributed by atoms with van der Waals surface area (Å²) in [6.07, 6.45) is 1.03. The molecule has 0 unspecified atom stereocenters. The van der Waals surface area contributed by atoms with Crippen molar-refractivity contribution in [2.75, 3.05) is 12.8 Å². The van der Waals surface area contributed by atoms with E-state index in [-0.39, 0.29) is 17.1 Å². The summed E-state index contributed by atoms with van der Waals surface area (Å²) in [6.45, 7) is 0.377. The van der Waals surface area contributed by atoms with Crippen LogP contribution in [0.2, 0.25) is 0 Å². The van der Waals surface area contributed by atoms with Crippen LogP contribution in [0.15, 0.2) is 42.6 Å². The van der Waals surface area contributed by atoms with Crippen molar-refractivity contribution in [2.45, 2.75) is 6.54 Å². The van der Waals surface area contributed by atoms with E-state index in [1.807, 2.05) is 30.3 Å². The van der Waals surface area contributed by atoms with Gasteiger partial charge in [0, 0.05) is 19.7 Å². The summed E-state index contributed by atoms with van der Waals surface area (Å²) in [5.41, 5.74) is 6.36. The molecule has 0 atom stereocenters. The number of carbonyl (C=O) groups excluding carboxylic acids is 1. The van der Waals surface area contributed by atoms with Crippen LogP contribution in [-0.2, 0) is 6.54 Å². The van der Waals surface area contributed by atoms with E-state index in [1.54, 1.807) is 7.05 Å². The number of pyridine rings is 1. The van der Waals surface area contributed by atoms with Crippen LogP contribution in [0.3, 0.4) is 0 Å². The third-order valence-electron chi connectivity index (χ3n) is 2.95. The normalized spacial score (nSPS) is 10.1. The van der Waals surface area contributed by atoms with E-state index >= 15 is 0 Å². The number of amides is 1. The van der Waals surface area contributed by atoms with Crippen LogP contribution in [0.5, 0.6) is 0 Å². The van der Waals surface area contributed by atoms with Crippen LogP contribution in [0, 0.1) is 10.1 Å². The molecule has 0 radical (unpaired) electrons. The Morgan fingerprint density at radius 3 is 2.67 bits per heavy atom. The van der Waals surface area contributed by atoms with Crippen molar-refractivity contribution in [3.05, 3.63) is 63.8 Å². The first-order chi connectivity index (χ1) is 9.99. The highest BCUT2D eigenvalue weighted by molar-refractivity contribution is 5.98. The van der Waals surface area contributed by atoms with Crippen LogP contribution in [0.25, 0.3) is 0 Å². The summed E-state index contributed by atoms with van der Waals surface area (Å²) in [4.78, 5) is 27.6. The number of nitro groups is 1. The fourth-order valence-electron chi connectivity index (χ4n) is 1.87. The Morgan fingerprint density at radius 1 is 1.38 bits per heavy atom. The summed E-state index contributed by atoms with van der Waals surface area (Å²) in [5.74, 6) is -0.432. The van der Waals surface area contributed by atoms with Gasteiger partial charge in [-0.05, 0) is 5.56 Å². The van der Waals surface area contributed by atoms with Crippen molar-refractivity contribution in [2.24, 2.45) is 0 Å². The Bertz CT molecular complexity index is 673. The van der Waals surface area contributed by atoms with E-state index in [0.29, 0.717) is 6.54 Å². The van der Waals surface area contributed by atoms with Gasteiger partial charge in [-0.25, -0.2) is 4.98 Å². The molecule has 0 saturated heterocycles. The molecule has 2 aromatic rings. The highest BCUT2D eigenvalue weighted by Gasteiger charge is 2.19. The molecule has 7 heteroatoms. The molecule has 0 fully saturated rings. The SMILES string of the molecule is CN(Cc1ccccc1)C(=O)c1cc([N+](=O)[O-])cnc1N. The number of nitrogens with two attached hydrogens (primary N) is 1. The fraction of sp³-hybridized carbons (Fsp3) is 0.143. The average molecular weight is 286 g/mol. The van der Waals surface area contributed by atoms with Gasteiger partial charge in [0.25, 0.3) is 11.6 Å². The lowest BCUT2D eigenvalue weighted by molar-refractivity contribution is -0.385. The van der Waals surface area contributed by atoms with Gasteiger partial charge in [-0.1, -0.05) is 30.3 Å². The minimum Gasteiger partial charge on any atom is -0.383 e. The van der Waals surface area contributed by atoms with Crippen LogP contribution in [0.1, 0.15) is 15.9 Å². The van der Waals surface area contributed by atoms with Crippen molar-refractivity contribution < 1.29 is 9.72 Å². The Morgan fingerprint density at radius 2 is 2.05 bits per heavy atom. The van der Waals surface area contributed by atoms with Gasteiger partial charge in [0.1, 0.15) is 12.0 Å². The van der Waals surface area contributed by atoms with E-state index in [9.17, 15) is 14.9 Å². The fourth-order valence-corrected chi connectivity index (χ4v) is 1.87. The number of benzene rings is 1. The number of rotatable bonds is 4. The molecule has 1 aromatic carbocycles. The number of hydrogen-bond donors (Lipinski definition) is 1. The predicted molar refractivity (Wildman–Crippen MR) is 77.5 cm³/mol. The zero-order valence-corrected chi connectivity index (χ0v) is 11.4. The Balaban J connectivity index is 2.23. The van der Waals surface area contributed by atoms with Gasteiger partial charge < -0.3 is 10.6 Å². The number of carbonyl (C=O) groups is 1. The Kier molecular flexibility index (Phi) is 4.13. The molecule has 1 amide bonds. The monoisotopic (exact) mass is 286 g/mol. The predicted octanol–water partition coefficient (Wildman–Crippen LogP) is 1.84. The minimum atomic E-state index is -0.611. The largest absolute Gasteiger partial charge is 0.383 e. The van der Waals surface area contributed by atoms with Crippen molar-refractivity contribution in [3.8, 4) is 0 Å². The maximum absolute atomic E-state index is 12.3. The minimum absolute atomic E-state index is 0.0227. The number of anilines is 1. The van der Waals surface area contributed by atoms with E-state index < -0.39 is 10.8 Å². The third-order valence-corrected chi connectivity index (χ3v) is 2.95. The van der Waals surface area contributed by atoms with Gasteiger partial charge in [-0.15, -0.1) is 0 Å². The Labute approximate surface area is 121 Å². The molecule has 108 valence electrons. The van der Waals surface area contributed by atoms with Gasteiger partial charge in [0.2, 0.25) is 0 Å². The molecule has 0 aliphatic rings. The smallest absolute Gasteiger partial charge is 0.288 e. The van der Waals surface area contributed by atoms with E-state index in [0.717, 1.165) is 17.8 Å². The summed E-state index contributed by atoms with van der Waals surface area (Å²) < 4.78 is 0. The van der Waals surface area contributed by atoms with Crippen LogP contribution >= 0.6 is 0 Å². The average Bonchev–Trinajstić information content (AvgIpc) is 2.47. The van der Waals surface area contributed by atoms with Gasteiger partial charge in [0.15, 0.2) is 0 Å². The molecular formula is C14H14N4O3. The highest BCUT2D eigenvalue weighted by Crippen LogP contribution is 2.19. The lowest BCUT2D eigenvalue weighted by atomic mass is 10.2. The molecule has 1 aromatic heterocycles. The highest BCUT2D eigenvalue weighted by atomic mass is 16.6. The van der Waals surface area contributed by atoms with Crippen molar-refractivity contribution in [1.29, 1.82) is 0 Å². The zero-order chi connectivity index (χ0) is 15.4. The Hall–Kier alpha value is -2.96. The van der Waals surface area contributed by atoms with Crippen molar-refractivity contribution in [3.63, 3.8) is 0 Å². The number of hydrogen-bond acceptors (Lipinski definition) is 5. The number of aromatic nitrogens is 1. The molecule has 0 spiro atoms. The van der Waals surface area contributed by atoms with Gasteiger partial charge >= 0.3 is 0 Å². The molecule has 0 aliphatic heterocycles. The first-order valence-corrected chi connectivity index (χ1v) is 6.18. The summed E-state index contributed by atoms with van der Waals surface area (Å²) >= 11 is 0. The second-order valence-corrected chi connectivity index (χ2v) is 4.53. The van der Waals surface area contributed by atoms with E-state index in [4.69, 9.17) is 5.73 Å². The second-order valence-electron chi connectivity index (χ2n) is 4.53. The van der Waals surface area contributed by atoms with E-state index in [2.05, 4.69) is 4.98 Å². The maximum atomic E-state index is 12.3. The summed E-state index contributed by atoms with van der Waals surface area (Å²) in [6, 6.07) is 10.5. The molecule has 0 saturated carbocycles. The first-order valence-electron chi connectivity index (χ1n) is 6.18. The van der Waals surface area contributed by atoms with Crippen LogP contribution in [0.4, 0.5) is 11.5 Å². The zero-order valence-electron chi connectivity index (χ0n) is 11.4. The number of nitrogen functional groups attached to an aromatic ring is 1. The lowest BCUT2D eigenvalue weighted by Crippen LogP contribution is -2.27.